The normalized spacial score (nSPS) is 16.2. The second-order valence-electron chi connectivity index (χ2n) is 8.74. The van der Waals surface area contributed by atoms with Gasteiger partial charge < -0.3 is 14.6 Å². The van der Waals surface area contributed by atoms with Crippen molar-refractivity contribution in [2.45, 2.75) is 33.4 Å². The molecule has 0 aliphatic carbocycles. The van der Waals surface area contributed by atoms with E-state index in [2.05, 4.69) is 47.9 Å². The highest BCUT2D eigenvalue weighted by Crippen LogP contribution is 2.33. The zero-order valence-electron chi connectivity index (χ0n) is 19.3. The molecule has 168 valence electrons. The molecule has 0 bridgehead atoms. The summed E-state index contributed by atoms with van der Waals surface area (Å²) < 4.78 is 1.79. The van der Waals surface area contributed by atoms with Gasteiger partial charge in [-0.2, -0.15) is 0 Å². The van der Waals surface area contributed by atoms with Gasteiger partial charge >= 0.3 is 0 Å². The molecule has 0 radical (unpaired) electrons. The first-order valence-electron chi connectivity index (χ1n) is 11.5. The van der Waals surface area contributed by atoms with Gasteiger partial charge in [0.05, 0.1) is 18.2 Å². The van der Waals surface area contributed by atoms with Crippen LogP contribution in [0.2, 0.25) is 0 Å². The number of rotatable bonds is 6. The van der Waals surface area contributed by atoms with Crippen LogP contribution in [-0.2, 0) is 6.54 Å². The van der Waals surface area contributed by atoms with Gasteiger partial charge in [-0.05, 0) is 37.6 Å². The van der Waals surface area contributed by atoms with Crippen molar-refractivity contribution in [2.24, 2.45) is 0 Å². The van der Waals surface area contributed by atoms with E-state index >= 15 is 0 Å². The number of aryl methyl sites for hydroxylation is 2. The molecule has 32 heavy (non-hydrogen) atoms. The third kappa shape index (κ3) is 4.64. The average molecular weight is 432 g/mol. The topological polar surface area (TPSA) is 48.7 Å². The Labute approximate surface area is 190 Å². The monoisotopic (exact) mass is 431 g/mol. The molecule has 1 saturated heterocycles. The lowest BCUT2D eigenvalue weighted by Crippen LogP contribution is -2.48. The van der Waals surface area contributed by atoms with Crippen molar-refractivity contribution in [3.63, 3.8) is 0 Å². The van der Waals surface area contributed by atoms with E-state index < -0.39 is 0 Å². The third-order valence-electron chi connectivity index (χ3n) is 6.59. The number of nitrogens with zero attached hydrogens (tertiary/aromatic N) is 3. The lowest BCUT2D eigenvalue weighted by Gasteiger charge is -2.39. The summed E-state index contributed by atoms with van der Waals surface area (Å²) in [5, 5.41) is 11.0. The van der Waals surface area contributed by atoms with Gasteiger partial charge in [0, 0.05) is 31.9 Å². The van der Waals surface area contributed by atoms with Crippen molar-refractivity contribution in [3.05, 3.63) is 99.0 Å². The van der Waals surface area contributed by atoms with Crippen molar-refractivity contribution >= 4 is 0 Å². The van der Waals surface area contributed by atoms with Crippen LogP contribution in [0.15, 0.2) is 65.5 Å². The summed E-state index contributed by atoms with van der Waals surface area (Å²) in [5.74, 6) is 0.0836. The van der Waals surface area contributed by atoms with Crippen molar-refractivity contribution in [1.82, 2.24) is 14.4 Å². The standard InChI is InChI=1S/C27H33N3O2/c1-4-28-14-16-29(17-15-28)26(23-12-10-20(2)11-13-23)25-24(31)18-21(3)30(27(25)32)19-22-8-6-5-7-9-22/h5-13,18,26,31H,4,14-17,19H2,1-3H3/t26-/m0/s1. The first kappa shape index (κ1) is 22.3. The summed E-state index contributed by atoms with van der Waals surface area (Å²) in [5.41, 5.74) is 4.41. The SMILES string of the molecule is CCN1CCN([C@@H](c2ccc(C)cc2)c2c(O)cc(C)n(Cc3ccccc3)c2=O)CC1. The van der Waals surface area contributed by atoms with Crippen LogP contribution < -0.4 is 5.56 Å². The highest BCUT2D eigenvalue weighted by atomic mass is 16.3. The minimum Gasteiger partial charge on any atom is -0.507 e. The molecular formula is C27H33N3O2. The highest BCUT2D eigenvalue weighted by Gasteiger charge is 2.31. The van der Waals surface area contributed by atoms with E-state index in [0.29, 0.717) is 12.1 Å². The third-order valence-corrected chi connectivity index (χ3v) is 6.59. The molecule has 4 rings (SSSR count). The van der Waals surface area contributed by atoms with Crippen LogP contribution in [0, 0.1) is 13.8 Å². The molecular weight excluding hydrogens is 398 g/mol. The molecule has 1 atom stereocenters. The fourth-order valence-electron chi connectivity index (χ4n) is 4.63. The number of piperazine rings is 1. The Morgan fingerprint density at radius 3 is 2.22 bits per heavy atom. The van der Waals surface area contributed by atoms with Gasteiger partial charge in [-0.3, -0.25) is 9.69 Å². The van der Waals surface area contributed by atoms with Gasteiger partial charge in [-0.25, -0.2) is 0 Å². The molecule has 5 heteroatoms. The van der Waals surface area contributed by atoms with Gasteiger partial charge in [-0.1, -0.05) is 67.1 Å². The predicted octanol–water partition coefficient (Wildman–Crippen LogP) is 3.95. The zero-order valence-corrected chi connectivity index (χ0v) is 19.3. The zero-order chi connectivity index (χ0) is 22.7. The average Bonchev–Trinajstić information content (AvgIpc) is 2.81. The Morgan fingerprint density at radius 2 is 1.59 bits per heavy atom. The van der Waals surface area contributed by atoms with Gasteiger partial charge in [0.25, 0.3) is 5.56 Å². The van der Waals surface area contributed by atoms with E-state index in [9.17, 15) is 9.90 Å². The first-order valence-corrected chi connectivity index (χ1v) is 11.5. The summed E-state index contributed by atoms with van der Waals surface area (Å²) in [6.45, 7) is 11.3. The summed E-state index contributed by atoms with van der Waals surface area (Å²) in [6, 6.07) is 19.8. The number of pyridine rings is 1. The van der Waals surface area contributed by atoms with E-state index in [4.69, 9.17) is 0 Å². The second-order valence-corrected chi connectivity index (χ2v) is 8.74. The van der Waals surface area contributed by atoms with Crippen LogP contribution in [0.3, 0.4) is 0 Å². The molecule has 1 N–H and O–H groups in total. The van der Waals surface area contributed by atoms with Crippen molar-refractivity contribution < 1.29 is 5.11 Å². The largest absolute Gasteiger partial charge is 0.507 e. The van der Waals surface area contributed by atoms with Crippen LogP contribution in [0.5, 0.6) is 5.75 Å². The maximum atomic E-state index is 13.8. The van der Waals surface area contributed by atoms with Gasteiger partial charge in [0.15, 0.2) is 0 Å². The molecule has 3 aromatic rings. The molecule has 1 aromatic heterocycles. The Morgan fingerprint density at radius 1 is 0.938 bits per heavy atom. The van der Waals surface area contributed by atoms with E-state index in [1.165, 1.54) is 5.56 Å². The molecule has 0 amide bonds. The van der Waals surface area contributed by atoms with Crippen molar-refractivity contribution in [2.75, 3.05) is 32.7 Å². The summed E-state index contributed by atoms with van der Waals surface area (Å²) >= 11 is 0. The van der Waals surface area contributed by atoms with Gasteiger partial charge in [0.2, 0.25) is 0 Å². The second kappa shape index (κ2) is 9.72. The first-order chi connectivity index (χ1) is 15.5. The van der Waals surface area contributed by atoms with Crippen LogP contribution in [0.1, 0.15) is 40.9 Å². The van der Waals surface area contributed by atoms with Gasteiger partial charge in [0.1, 0.15) is 5.75 Å². The molecule has 2 heterocycles. The maximum absolute atomic E-state index is 13.8. The van der Waals surface area contributed by atoms with Crippen LogP contribution in [0.4, 0.5) is 0 Å². The fraction of sp³-hybridized carbons (Fsp3) is 0.370. The molecule has 2 aromatic carbocycles. The number of aromatic nitrogens is 1. The summed E-state index contributed by atoms with van der Waals surface area (Å²) in [4.78, 5) is 18.6. The Hall–Kier alpha value is -2.89. The van der Waals surface area contributed by atoms with Crippen molar-refractivity contribution in [3.8, 4) is 5.75 Å². The number of likely N-dealkylation sites (N-methyl/N-ethyl adjacent to an activating group) is 1. The summed E-state index contributed by atoms with van der Waals surface area (Å²) in [7, 11) is 0. The quantitative estimate of drug-likeness (QED) is 0.642. The molecule has 5 nitrogen and oxygen atoms in total. The minimum atomic E-state index is -0.273. The molecule has 0 unspecified atom stereocenters. The molecule has 1 fully saturated rings. The maximum Gasteiger partial charge on any atom is 0.259 e. The molecule has 1 aliphatic heterocycles. The lowest BCUT2D eigenvalue weighted by atomic mass is 9.95. The smallest absolute Gasteiger partial charge is 0.259 e. The summed E-state index contributed by atoms with van der Waals surface area (Å²) in [6.07, 6.45) is 0. The van der Waals surface area contributed by atoms with Crippen LogP contribution in [0.25, 0.3) is 0 Å². The predicted molar refractivity (Wildman–Crippen MR) is 129 cm³/mol. The number of hydrogen-bond donors (Lipinski definition) is 1. The van der Waals surface area contributed by atoms with Crippen LogP contribution in [-0.4, -0.2) is 52.2 Å². The van der Waals surface area contributed by atoms with Crippen LogP contribution >= 0.6 is 0 Å². The van der Waals surface area contributed by atoms with E-state index in [0.717, 1.165) is 49.5 Å². The van der Waals surface area contributed by atoms with E-state index in [1.54, 1.807) is 10.6 Å². The highest BCUT2D eigenvalue weighted by molar-refractivity contribution is 5.42. The van der Waals surface area contributed by atoms with E-state index in [1.807, 2.05) is 37.3 Å². The number of aromatic hydroxyl groups is 1. The Kier molecular flexibility index (Phi) is 6.77. The number of hydrogen-bond acceptors (Lipinski definition) is 4. The molecule has 0 saturated carbocycles. The van der Waals surface area contributed by atoms with Crippen molar-refractivity contribution in [1.29, 1.82) is 0 Å². The molecule has 0 spiro atoms. The van der Waals surface area contributed by atoms with E-state index in [-0.39, 0.29) is 17.4 Å². The van der Waals surface area contributed by atoms with Gasteiger partial charge in [-0.15, -0.1) is 0 Å². The molecule has 1 aliphatic rings. The minimum absolute atomic E-state index is 0.0836. The Bertz CT molecular complexity index is 1100. The Balaban J connectivity index is 1.80. The number of benzene rings is 2. The lowest BCUT2D eigenvalue weighted by molar-refractivity contribution is 0.111. The fourth-order valence-corrected chi connectivity index (χ4v) is 4.63.